The molecule has 0 radical (unpaired) electrons. The minimum Gasteiger partial charge on any atom is -0.307 e. The van der Waals surface area contributed by atoms with Crippen LogP contribution in [0.3, 0.4) is 0 Å². The number of fused-ring (bicyclic) bond motifs is 14. The van der Waals surface area contributed by atoms with Crippen LogP contribution >= 0.6 is 0 Å². The van der Waals surface area contributed by atoms with Gasteiger partial charge < -0.3 is 8.80 Å². The molecule has 0 amide bonds. The predicted molar refractivity (Wildman–Crippen MR) is 312 cm³/mol. The zero-order chi connectivity index (χ0) is 51.7. The Morgan fingerprint density at radius 2 is 0.595 bits per heavy atom. The van der Waals surface area contributed by atoms with Gasteiger partial charge in [-0.2, -0.15) is 0 Å². The van der Waals surface area contributed by atoms with Gasteiger partial charge in [-0.3, -0.25) is 0 Å². The molecule has 4 heteroatoms. The van der Waals surface area contributed by atoms with E-state index in [1.54, 1.807) is 24.3 Å². The van der Waals surface area contributed by atoms with Gasteiger partial charge in [-0.05, 0) is 126 Å². The maximum atomic E-state index is 14.5. The Kier molecular flexibility index (Phi) is 9.68. The fourth-order valence-electron chi connectivity index (χ4n) is 12.2. The van der Waals surface area contributed by atoms with Crippen molar-refractivity contribution in [3.05, 3.63) is 192 Å². The quantitative estimate of drug-likeness (QED) is 0.166. The Morgan fingerprint density at radius 1 is 0.284 bits per heavy atom. The zero-order valence-electron chi connectivity index (χ0n) is 44.7. The summed E-state index contributed by atoms with van der Waals surface area (Å²) in [6.07, 6.45) is 0. The van der Waals surface area contributed by atoms with Crippen LogP contribution in [-0.2, 0) is 21.7 Å². The van der Waals surface area contributed by atoms with E-state index in [4.69, 9.17) is 0 Å². The summed E-state index contributed by atoms with van der Waals surface area (Å²) < 4.78 is 34.2. The molecule has 4 heterocycles. The van der Waals surface area contributed by atoms with Crippen molar-refractivity contribution in [1.82, 2.24) is 8.80 Å². The summed E-state index contributed by atoms with van der Waals surface area (Å²) in [4.78, 5) is 0. The molecule has 0 aliphatic carbocycles. The molecule has 9 aromatic carbocycles. The summed E-state index contributed by atoms with van der Waals surface area (Å²) >= 11 is 0. The van der Waals surface area contributed by atoms with Crippen LogP contribution in [0.15, 0.2) is 158 Å². The summed E-state index contributed by atoms with van der Waals surface area (Å²) in [5.74, 6) is -0.498. The number of hydrogen-bond donors (Lipinski definition) is 0. The minimum atomic E-state index is -0.249. The van der Waals surface area contributed by atoms with Crippen molar-refractivity contribution >= 4 is 76.2 Å². The van der Waals surface area contributed by atoms with Gasteiger partial charge in [0.1, 0.15) is 11.6 Å². The van der Waals surface area contributed by atoms with E-state index in [9.17, 15) is 8.78 Å². The minimum absolute atomic E-state index is 0.0716. The highest BCUT2D eigenvalue weighted by Crippen LogP contribution is 2.55. The second kappa shape index (κ2) is 15.5. The van der Waals surface area contributed by atoms with Crippen LogP contribution in [-0.4, -0.2) is 8.80 Å². The van der Waals surface area contributed by atoms with E-state index in [1.807, 2.05) is 24.3 Å². The summed E-state index contributed by atoms with van der Waals surface area (Å²) in [6, 6.07) is 55.9. The van der Waals surface area contributed by atoms with Crippen LogP contribution in [0.5, 0.6) is 0 Å². The molecular weight excluding hydrogens is 907 g/mol. The number of rotatable bonds is 4. The maximum Gasteiger partial charge on any atom is 0.123 e. The second-order valence-electron chi connectivity index (χ2n) is 25.3. The van der Waals surface area contributed by atoms with E-state index >= 15 is 0 Å². The number of nitrogens with zero attached hydrogens (tertiary/aromatic N) is 2. The lowest BCUT2D eigenvalue weighted by Gasteiger charge is -2.26. The smallest absolute Gasteiger partial charge is 0.123 e. The third-order valence-corrected chi connectivity index (χ3v) is 16.3. The molecule has 0 aliphatic heterocycles. The fourth-order valence-corrected chi connectivity index (χ4v) is 12.2. The summed E-state index contributed by atoms with van der Waals surface area (Å²) in [5, 5.41) is 9.58. The molecule has 0 saturated carbocycles. The molecule has 13 rings (SSSR count). The zero-order valence-corrected chi connectivity index (χ0v) is 44.7. The SMILES string of the molecule is CC(C)(C)c1cc(-c2cccc3c4c5c6cc(-c7ccc(F)cc7)ccc6n6c7c(-c8cc(C(C)(C)C)cc(C(C)(C)C)c8)cccc7c(c7c8cc(-c9ccc(F)cc9)ccc8n(c23)c74)c56)cc(C(C)(C)C)c1. The van der Waals surface area contributed by atoms with Gasteiger partial charge >= 0.3 is 0 Å². The van der Waals surface area contributed by atoms with Gasteiger partial charge in [-0.15, -0.1) is 0 Å². The van der Waals surface area contributed by atoms with Crippen LogP contribution in [0.25, 0.3) is 121 Å². The Balaban J connectivity index is 1.27. The monoisotopic (exact) mass is 968 g/mol. The molecule has 4 aromatic heterocycles. The van der Waals surface area contributed by atoms with Crippen molar-refractivity contribution in [3.63, 3.8) is 0 Å². The third-order valence-electron chi connectivity index (χ3n) is 16.3. The molecule has 0 atom stereocenters. The van der Waals surface area contributed by atoms with E-state index in [0.717, 1.165) is 44.1 Å². The highest BCUT2D eigenvalue weighted by atomic mass is 19.1. The third kappa shape index (κ3) is 6.86. The number of hydrogen-bond acceptors (Lipinski definition) is 0. The van der Waals surface area contributed by atoms with Crippen LogP contribution < -0.4 is 0 Å². The van der Waals surface area contributed by atoms with Gasteiger partial charge in [0.05, 0.1) is 33.1 Å². The average molecular weight is 969 g/mol. The number of benzene rings is 9. The highest BCUT2D eigenvalue weighted by molar-refractivity contribution is 6.46. The molecule has 2 nitrogen and oxygen atoms in total. The predicted octanol–water partition coefficient (Wildman–Crippen LogP) is 20.1. The Labute approximate surface area is 432 Å². The molecule has 13 aromatic rings. The average Bonchev–Trinajstić information content (AvgIpc) is 4.08. The van der Waals surface area contributed by atoms with Crippen molar-refractivity contribution in [1.29, 1.82) is 0 Å². The number of para-hydroxylation sites is 2. The van der Waals surface area contributed by atoms with Crippen molar-refractivity contribution < 1.29 is 8.78 Å². The van der Waals surface area contributed by atoms with E-state index in [2.05, 4.69) is 201 Å². The molecule has 0 bridgehead atoms. The van der Waals surface area contributed by atoms with E-state index in [-0.39, 0.29) is 33.3 Å². The first-order chi connectivity index (χ1) is 35.0. The first-order valence-corrected chi connectivity index (χ1v) is 26.3. The maximum absolute atomic E-state index is 14.5. The van der Waals surface area contributed by atoms with E-state index in [1.165, 1.54) is 98.9 Å². The van der Waals surface area contributed by atoms with Crippen molar-refractivity contribution in [2.75, 3.05) is 0 Å². The Morgan fingerprint density at radius 3 is 0.919 bits per heavy atom. The van der Waals surface area contributed by atoms with Crippen molar-refractivity contribution in [2.24, 2.45) is 0 Å². The molecule has 0 unspecified atom stereocenters. The Bertz CT molecular complexity index is 4090. The van der Waals surface area contributed by atoms with Crippen LogP contribution in [0, 0.1) is 11.6 Å². The summed E-state index contributed by atoms with van der Waals surface area (Å²) in [6.45, 7) is 27.7. The van der Waals surface area contributed by atoms with E-state index < -0.39 is 0 Å². The van der Waals surface area contributed by atoms with Gasteiger partial charge in [0.15, 0.2) is 0 Å². The highest BCUT2D eigenvalue weighted by Gasteiger charge is 2.32. The van der Waals surface area contributed by atoms with Crippen LogP contribution in [0.4, 0.5) is 8.78 Å². The summed E-state index contributed by atoms with van der Waals surface area (Å²) in [7, 11) is 0. The standard InChI is InChI=1S/C70H62F2N2/c1-67(2,3)45-31-43(32-46(37-45)68(4,5)6)51-15-13-17-53-59-61-56-36-42(40-21-27-50(72)28-22-40)24-30-58(56)74-64-52(44-33-47(69(7,8)9)38-48(34-44)70(10,11)12)16-14-18-54(64)60(66(61)74)62-55-35-41(39-19-25-49(71)26-20-39)23-29-57(55)73(63(51)53)65(59)62/h13-38H,1-12H3. The van der Waals surface area contributed by atoms with Crippen LogP contribution in [0.1, 0.15) is 105 Å². The number of aromatic nitrogens is 2. The largest absolute Gasteiger partial charge is 0.307 e. The van der Waals surface area contributed by atoms with Gasteiger partial charge in [0.25, 0.3) is 0 Å². The molecular formula is C70H62F2N2. The number of halogens is 2. The fraction of sp³-hybridized carbons (Fsp3) is 0.229. The molecule has 0 N–H and O–H groups in total. The Hall–Kier alpha value is -7.56. The molecule has 0 saturated heterocycles. The van der Waals surface area contributed by atoms with Gasteiger partial charge in [0.2, 0.25) is 0 Å². The molecule has 0 fully saturated rings. The molecule has 366 valence electrons. The normalized spacial score (nSPS) is 13.3. The van der Waals surface area contributed by atoms with Gasteiger partial charge in [0, 0.05) is 54.2 Å². The topological polar surface area (TPSA) is 8.82 Å². The van der Waals surface area contributed by atoms with Gasteiger partial charge in [-0.25, -0.2) is 8.78 Å². The second-order valence-corrected chi connectivity index (χ2v) is 25.3. The lowest BCUT2D eigenvalue weighted by molar-refractivity contribution is 0.568. The van der Waals surface area contributed by atoms with Crippen LogP contribution in [0.2, 0.25) is 0 Å². The van der Waals surface area contributed by atoms with E-state index in [0.29, 0.717) is 0 Å². The summed E-state index contributed by atoms with van der Waals surface area (Å²) in [5.41, 5.74) is 20.8. The lowest BCUT2D eigenvalue weighted by Crippen LogP contribution is -2.16. The lowest BCUT2D eigenvalue weighted by atomic mass is 9.78. The first-order valence-electron chi connectivity index (χ1n) is 26.3. The van der Waals surface area contributed by atoms with Crippen molar-refractivity contribution in [3.8, 4) is 44.5 Å². The molecule has 0 aliphatic rings. The molecule has 74 heavy (non-hydrogen) atoms. The first kappa shape index (κ1) is 46.2. The molecule has 0 spiro atoms. The van der Waals surface area contributed by atoms with Crippen molar-refractivity contribution in [2.45, 2.75) is 105 Å². The van der Waals surface area contributed by atoms with Gasteiger partial charge in [-0.1, -0.05) is 192 Å².